The zero-order chi connectivity index (χ0) is 18.2. The molecule has 1 aliphatic heterocycles. The van der Waals surface area contributed by atoms with E-state index in [2.05, 4.69) is 24.1 Å². The van der Waals surface area contributed by atoms with Crippen molar-refractivity contribution in [1.29, 1.82) is 0 Å². The SMILES string of the molecule is CCOc1ncccc1C(=O)NC1CCC(=O)N(CCC(C)C)CC1. The highest BCUT2D eigenvalue weighted by atomic mass is 16.5. The van der Waals surface area contributed by atoms with Gasteiger partial charge < -0.3 is 15.0 Å². The van der Waals surface area contributed by atoms with E-state index in [-0.39, 0.29) is 17.9 Å². The number of amides is 2. The summed E-state index contributed by atoms with van der Waals surface area (Å²) < 4.78 is 5.43. The molecule has 138 valence electrons. The molecule has 1 aromatic rings. The first kappa shape index (κ1) is 19.2. The molecule has 1 aliphatic rings. The van der Waals surface area contributed by atoms with Gasteiger partial charge in [-0.2, -0.15) is 0 Å². The summed E-state index contributed by atoms with van der Waals surface area (Å²) in [4.78, 5) is 30.9. The molecule has 0 radical (unpaired) electrons. The Morgan fingerprint density at radius 1 is 1.44 bits per heavy atom. The van der Waals surface area contributed by atoms with Crippen molar-refractivity contribution in [3.63, 3.8) is 0 Å². The Labute approximate surface area is 150 Å². The number of hydrogen-bond acceptors (Lipinski definition) is 4. The van der Waals surface area contributed by atoms with Gasteiger partial charge in [0.1, 0.15) is 5.56 Å². The lowest BCUT2D eigenvalue weighted by Gasteiger charge is -2.22. The summed E-state index contributed by atoms with van der Waals surface area (Å²) >= 11 is 0. The van der Waals surface area contributed by atoms with E-state index < -0.39 is 0 Å². The lowest BCUT2D eigenvalue weighted by Crippen LogP contribution is -2.36. The van der Waals surface area contributed by atoms with Crippen LogP contribution in [-0.4, -0.2) is 47.4 Å². The van der Waals surface area contributed by atoms with E-state index in [1.165, 1.54) is 0 Å². The summed E-state index contributed by atoms with van der Waals surface area (Å²) in [7, 11) is 0. The maximum absolute atomic E-state index is 12.6. The Balaban J connectivity index is 1.95. The first-order valence-corrected chi connectivity index (χ1v) is 9.17. The summed E-state index contributed by atoms with van der Waals surface area (Å²) in [6.45, 7) is 8.14. The topological polar surface area (TPSA) is 71.5 Å². The van der Waals surface area contributed by atoms with Crippen LogP contribution in [0.1, 0.15) is 56.8 Å². The molecule has 25 heavy (non-hydrogen) atoms. The normalized spacial score (nSPS) is 18.2. The van der Waals surface area contributed by atoms with Crippen molar-refractivity contribution < 1.29 is 14.3 Å². The highest BCUT2D eigenvalue weighted by Crippen LogP contribution is 2.17. The van der Waals surface area contributed by atoms with Crippen molar-refractivity contribution in [2.75, 3.05) is 19.7 Å². The molecule has 2 heterocycles. The Hall–Kier alpha value is -2.11. The first-order chi connectivity index (χ1) is 12.0. The fraction of sp³-hybridized carbons (Fsp3) is 0.632. The molecule has 0 saturated carbocycles. The maximum Gasteiger partial charge on any atom is 0.256 e. The Morgan fingerprint density at radius 2 is 2.24 bits per heavy atom. The monoisotopic (exact) mass is 347 g/mol. The molecule has 6 nitrogen and oxygen atoms in total. The largest absolute Gasteiger partial charge is 0.477 e. The molecular weight excluding hydrogens is 318 g/mol. The van der Waals surface area contributed by atoms with Gasteiger partial charge in [-0.15, -0.1) is 0 Å². The number of likely N-dealkylation sites (tertiary alicyclic amines) is 1. The van der Waals surface area contributed by atoms with E-state index in [1.807, 2.05) is 11.8 Å². The van der Waals surface area contributed by atoms with Crippen LogP contribution >= 0.6 is 0 Å². The highest BCUT2D eigenvalue weighted by Gasteiger charge is 2.24. The first-order valence-electron chi connectivity index (χ1n) is 9.17. The van der Waals surface area contributed by atoms with Crippen LogP contribution in [-0.2, 0) is 4.79 Å². The second-order valence-electron chi connectivity index (χ2n) is 6.85. The molecule has 2 amide bonds. The number of aromatic nitrogens is 1. The Morgan fingerprint density at radius 3 is 2.96 bits per heavy atom. The second kappa shape index (κ2) is 9.39. The van der Waals surface area contributed by atoms with Crippen LogP contribution < -0.4 is 10.1 Å². The molecule has 1 unspecified atom stereocenters. The van der Waals surface area contributed by atoms with Crippen LogP contribution in [0.15, 0.2) is 18.3 Å². The van der Waals surface area contributed by atoms with Gasteiger partial charge in [-0.1, -0.05) is 13.8 Å². The molecule has 1 N–H and O–H groups in total. The van der Waals surface area contributed by atoms with Crippen LogP contribution in [0.5, 0.6) is 5.88 Å². The van der Waals surface area contributed by atoms with Crippen LogP contribution in [0.25, 0.3) is 0 Å². The molecule has 1 atom stereocenters. The van der Waals surface area contributed by atoms with Gasteiger partial charge in [-0.3, -0.25) is 9.59 Å². The fourth-order valence-electron chi connectivity index (χ4n) is 2.91. The number of hydrogen-bond donors (Lipinski definition) is 1. The quantitative estimate of drug-likeness (QED) is 0.823. The molecule has 0 aliphatic carbocycles. The van der Waals surface area contributed by atoms with Crippen molar-refractivity contribution in [2.24, 2.45) is 5.92 Å². The molecule has 0 bridgehead atoms. The van der Waals surface area contributed by atoms with Gasteiger partial charge >= 0.3 is 0 Å². The predicted octanol–water partition coefficient (Wildman–Crippen LogP) is 2.64. The molecule has 1 aromatic heterocycles. The molecule has 1 fully saturated rings. The van der Waals surface area contributed by atoms with Gasteiger partial charge in [-0.05, 0) is 44.2 Å². The standard InChI is InChI=1S/C19H29N3O3/c1-4-25-19-16(6-5-11-20-19)18(24)21-15-7-8-17(23)22(13-10-15)12-9-14(2)3/h5-6,11,14-15H,4,7-10,12-13H2,1-3H3,(H,21,24). The fourth-order valence-corrected chi connectivity index (χ4v) is 2.91. The minimum Gasteiger partial charge on any atom is -0.477 e. The van der Waals surface area contributed by atoms with Gasteiger partial charge in [0.25, 0.3) is 5.91 Å². The number of carbonyl (C=O) groups excluding carboxylic acids is 2. The van der Waals surface area contributed by atoms with E-state index in [0.717, 1.165) is 19.4 Å². The lowest BCUT2D eigenvalue weighted by atomic mass is 10.1. The number of ether oxygens (including phenoxy) is 1. The number of nitrogens with zero attached hydrogens (tertiary/aromatic N) is 2. The van der Waals surface area contributed by atoms with Gasteiger partial charge in [-0.25, -0.2) is 4.98 Å². The lowest BCUT2D eigenvalue weighted by molar-refractivity contribution is -0.130. The van der Waals surface area contributed by atoms with E-state index in [9.17, 15) is 9.59 Å². The van der Waals surface area contributed by atoms with Crippen LogP contribution in [0.3, 0.4) is 0 Å². The third kappa shape index (κ3) is 5.73. The number of carbonyl (C=O) groups is 2. The Bertz CT molecular complexity index is 589. The predicted molar refractivity (Wildman–Crippen MR) is 96.5 cm³/mol. The zero-order valence-corrected chi connectivity index (χ0v) is 15.5. The van der Waals surface area contributed by atoms with Gasteiger partial charge in [0.15, 0.2) is 0 Å². The highest BCUT2D eigenvalue weighted by molar-refractivity contribution is 5.96. The van der Waals surface area contributed by atoms with Crippen molar-refractivity contribution in [2.45, 2.75) is 52.5 Å². The minimum atomic E-state index is -0.190. The smallest absolute Gasteiger partial charge is 0.256 e. The van der Waals surface area contributed by atoms with Crippen LogP contribution in [0, 0.1) is 5.92 Å². The van der Waals surface area contributed by atoms with E-state index >= 15 is 0 Å². The van der Waals surface area contributed by atoms with Crippen molar-refractivity contribution in [3.05, 3.63) is 23.9 Å². The maximum atomic E-state index is 12.6. The number of rotatable bonds is 7. The average molecular weight is 347 g/mol. The van der Waals surface area contributed by atoms with Crippen LogP contribution in [0.2, 0.25) is 0 Å². The molecule has 1 saturated heterocycles. The Kier molecular flexibility index (Phi) is 7.22. The minimum absolute atomic E-state index is 0.00446. The van der Waals surface area contributed by atoms with Gasteiger partial charge in [0, 0.05) is 31.7 Å². The van der Waals surface area contributed by atoms with E-state index in [4.69, 9.17) is 4.74 Å². The molecule has 0 aromatic carbocycles. The van der Waals surface area contributed by atoms with E-state index in [1.54, 1.807) is 18.3 Å². The second-order valence-corrected chi connectivity index (χ2v) is 6.85. The van der Waals surface area contributed by atoms with Crippen molar-refractivity contribution >= 4 is 11.8 Å². The summed E-state index contributed by atoms with van der Waals surface area (Å²) in [6, 6.07) is 3.43. The van der Waals surface area contributed by atoms with E-state index in [0.29, 0.717) is 43.4 Å². The summed E-state index contributed by atoms with van der Waals surface area (Å²) in [5.41, 5.74) is 0.441. The number of nitrogens with one attached hydrogen (secondary N) is 1. The zero-order valence-electron chi connectivity index (χ0n) is 15.5. The summed E-state index contributed by atoms with van der Waals surface area (Å²) in [5.74, 6) is 0.929. The average Bonchev–Trinajstić information content (AvgIpc) is 2.76. The van der Waals surface area contributed by atoms with Gasteiger partial charge in [0.05, 0.1) is 6.61 Å². The van der Waals surface area contributed by atoms with Crippen molar-refractivity contribution in [3.8, 4) is 5.88 Å². The third-order valence-electron chi connectivity index (χ3n) is 4.42. The van der Waals surface area contributed by atoms with Crippen molar-refractivity contribution in [1.82, 2.24) is 15.2 Å². The summed E-state index contributed by atoms with van der Waals surface area (Å²) in [5, 5.41) is 3.04. The summed E-state index contributed by atoms with van der Waals surface area (Å²) in [6.07, 6.45) is 4.55. The molecule has 0 spiro atoms. The molecular formula is C19H29N3O3. The van der Waals surface area contributed by atoms with Gasteiger partial charge in [0.2, 0.25) is 11.8 Å². The van der Waals surface area contributed by atoms with Crippen LogP contribution in [0.4, 0.5) is 0 Å². The molecule has 2 rings (SSSR count). The number of pyridine rings is 1. The third-order valence-corrected chi connectivity index (χ3v) is 4.42. The molecule has 6 heteroatoms.